The number of carboxylic acid groups (broad SMARTS) is 1. The highest BCUT2D eigenvalue weighted by Gasteiger charge is 2.31. The highest BCUT2D eigenvalue weighted by Crippen LogP contribution is 2.30. The van der Waals surface area contributed by atoms with Crippen molar-refractivity contribution >= 4 is 27.8 Å². The number of aliphatic carboxylic acids is 1. The summed E-state index contributed by atoms with van der Waals surface area (Å²) >= 11 is 3.42. The first-order chi connectivity index (χ1) is 11.1. The van der Waals surface area contributed by atoms with Gasteiger partial charge in [-0.1, -0.05) is 30.3 Å². The lowest BCUT2D eigenvalue weighted by atomic mass is 10.1. The Hall–Kier alpha value is -2.15. The van der Waals surface area contributed by atoms with Crippen LogP contribution in [0.25, 0.3) is 11.3 Å². The lowest BCUT2D eigenvalue weighted by Crippen LogP contribution is -2.33. The maximum absolute atomic E-state index is 12.4. The Kier molecular flexibility index (Phi) is 4.47. The normalized spacial score (nSPS) is 20.4. The predicted molar refractivity (Wildman–Crippen MR) is 88.0 cm³/mol. The standard InChI is InChI=1S/C16H16BrN3O3/c17-12-13(9-4-2-1-3-5-9)19-20-14(12)15(21)18-11-7-6-10(8-11)16(22)23/h1-5,10-11H,6-8H2,(H,18,21)(H,19,20)(H,22,23)/t10-,11+/m1/s1. The molecule has 0 radical (unpaired) electrons. The van der Waals surface area contributed by atoms with Crippen LogP contribution >= 0.6 is 15.9 Å². The fourth-order valence-electron chi connectivity index (χ4n) is 2.86. The summed E-state index contributed by atoms with van der Waals surface area (Å²) in [6.45, 7) is 0. The third-order valence-electron chi connectivity index (χ3n) is 4.10. The van der Waals surface area contributed by atoms with E-state index in [1.165, 1.54) is 0 Å². The molecule has 1 saturated carbocycles. The molecule has 1 aliphatic carbocycles. The van der Waals surface area contributed by atoms with Crippen molar-refractivity contribution in [2.24, 2.45) is 5.92 Å². The van der Waals surface area contributed by atoms with Gasteiger partial charge in [0.25, 0.3) is 5.91 Å². The number of carbonyl (C=O) groups excluding carboxylic acids is 1. The highest BCUT2D eigenvalue weighted by atomic mass is 79.9. The molecule has 0 bridgehead atoms. The van der Waals surface area contributed by atoms with Crippen LogP contribution in [0.1, 0.15) is 29.8 Å². The number of H-pyrrole nitrogens is 1. The van der Waals surface area contributed by atoms with Crippen LogP contribution in [0.3, 0.4) is 0 Å². The van der Waals surface area contributed by atoms with Gasteiger partial charge >= 0.3 is 5.97 Å². The number of amides is 1. The second kappa shape index (κ2) is 6.54. The maximum atomic E-state index is 12.4. The number of nitrogens with zero attached hydrogens (tertiary/aromatic N) is 1. The number of aromatic nitrogens is 2. The highest BCUT2D eigenvalue weighted by molar-refractivity contribution is 9.10. The molecule has 1 amide bonds. The maximum Gasteiger partial charge on any atom is 0.306 e. The molecule has 0 aliphatic heterocycles. The summed E-state index contributed by atoms with van der Waals surface area (Å²) in [5.41, 5.74) is 1.93. The molecule has 120 valence electrons. The molecule has 1 fully saturated rings. The SMILES string of the molecule is O=C(N[C@H]1CC[C@@H](C(=O)O)C1)c1[nH]nc(-c2ccccc2)c1Br. The summed E-state index contributed by atoms with van der Waals surface area (Å²) in [5, 5.41) is 18.9. The largest absolute Gasteiger partial charge is 0.481 e. The molecule has 0 spiro atoms. The third-order valence-corrected chi connectivity index (χ3v) is 4.87. The van der Waals surface area contributed by atoms with E-state index in [0.717, 1.165) is 5.56 Å². The van der Waals surface area contributed by atoms with Crippen LogP contribution in [0.2, 0.25) is 0 Å². The Morgan fingerprint density at radius 1 is 1.26 bits per heavy atom. The number of hydrogen-bond donors (Lipinski definition) is 3. The number of nitrogens with one attached hydrogen (secondary N) is 2. The molecule has 0 unspecified atom stereocenters. The van der Waals surface area contributed by atoms with E-state index >= 15 is 0 Å². The minimum absolute atomic E-state index is 0.112. The molecule has 1 aromatic heterocycles. The van der Waals surface area contributed by atoms with Crippen LogP contribution in [0.5, 0.6) is 0 Å². The monoisotopic (exact) mass is 377 g/mol. The number of rotatable bonds is 4. The molecule has 1 heterocycles. The zero-order chi connectivity index (χ0) is 16.4. The topological polar surface area (TPSA) is 95.1 Å². The number of benzene rings is 1. The van der Waals surface area contributed by atoms with Crippen LogP contribution in [0.15, 0.2) is 34.8 Å². The Labute approximate surface area is 141 Å². The summed E-state index contributed by atoms with van der Waals surface area (Å²) in [6.07, 6.45) is 1.75. The van der Waals surface area contributed by atoms with Crippen LogP contribution in [0.4, 0.5) is 0 Å². The van der Waals surface area contributed by atoms with E-state index in [1.807, 2.05) is 30.3 Å². The zero-order valence-electron chi connectivity index (χ0n) is 12.3. The molecule has 2 aromatic rings. The minimum Gasteiger partial charge on any atom is -0.481 e. The molecule has 6 nitrogen and oxygen atoms in total. The van der Waals surface area contributed by atoms with Gasteiger partial charge in [0.2, 0.25) is 0 Å². The fourth-order valence-corrected chi connectivity index (χ4v) is 3.45. The fraction of sp³-hybridized carbons (Fsp3) is 0.312. The first kappa shape index (κ1) is 15.7. The number of hydrogen-bond acceptors (Lipinski definition) is 3. The van der Waals surface area contributed by atoms with Gasteiger partial charge in [-0.15, -0.1) is 0 Å². The molecule has 1 aromatic carbocycles. The summed E-state index contributed by atoms with van der Waals surface area (Å²) in [4.78, 5) is 23.4. The van der Waals surface area contributed by atoms with Crippen LogP contribution in [0, 0.1) is 5.92 Å². The van der Waals surface area contributed by atoms with E-state index in [2.05, 4.69) is 31.4 Å². The molecule has 3 rings (SSSR count). The summed E-state index contributed by atoms with van der Waals surface area (Å²) in [7, 11) is 0. The minimum atomic E-state index is -0.796. The summed E-state index contributed by atoms with van der Waals surface area (Å²) in [5.74, 6) is -1.44. The Bertz CT molecular complexity index is 729. The first-order valence-electron chi connectivity index (χ1n) is 7.39. The van der Waals surface area contributed by atoms with E-state index in [4.69, 9.17) is 5.11 Å². The lowest BCUT2D eigenvalue weighted by molar-refractivity contribution is -0.141. The second-order valence-corrected chi connectivity index (χ2v) is 6.44. The van der Waals surface area contributed by atoms with Gasteiger partial charge in [0.05, 0.1) is 10.4 Å². The van der Waals surface area contributed by atoms with Crippen molar-refractivity contribution in [3.63, 3.8) is 0 Å². The van der Waals surface area contributed by atoms with Gasteiger partial charge in [-0.2, -0.15) is 5.10 Å². The third kappa shape index (κ3) is 3.29. The average molecular weight is 378 g/mol. The van der Waals surface area contributed by atoms with Crippen molar-refractivity contribution in [1.29, 1.82) is 0 Å². The zero-order valence-corrected chi connectivity index (χ0v) is 13.8. The molecule has 23 heavy (non-hydrogen) atoms. The number of carboxylic acids is 1. The van der Waals surface area contributed by atoms with Gasteiger partial charge in [-0.3, -0.25) is 14.7 Å². The Balaban J connectivity index is 1.72. The first-order valence-corrected chi connectivity index (χ1v) is 8.18. The predicted octanol–water partition coefficient (Wildman–Crippen LogP) is 2.82. The van der Waals surface area contributed by atoms with Gasteiger partial charge in [-0.05, 0) is 35.2 Å². The van der Waals surface area contributed by atoms with E-state index in [0.29, 0.717) is 35.1 Å². The van der Waals surface area contributed by atoms with Crippen molar-refractivity contribution in [3.8, 4) is 11.3 Å². The molecular formula is C16H16BrN3O3. The van der Waals surface area contributed by atoms with Crippen LogP contribution in [-0.4, -0.2) is 33.2 Å². The number of halogens is 1. The Morgan fingerprint density at radius 3 is 2.65 bits per heavy atom. The van der Waals surface area contributed by atoms with Gasteiger partial charge in [0, 0.05) is 11.6 Å². The van der Waals surface area contributed by atoms with E-state index < -0.39 is 5.97 Å². The lowest BCUT2D eigenvalue weighted by Gasteiger charge is -2.11. The van der Waals surface area contributed by atoms with Crippen molar-refractivity contribution < 1.29 is 14.7 Å². The van der Waals surface area contributed by atoms with E-state index in [9.17, 15) is 9.59 Å². The number of aromatic amines is 1. The van der Waals surface area contributed by atoms with Crippen molar-refractivity contribution in [2.45, 2.75) is 25.3 Å². The molecule has 2 atom stereocenters. The molecule has 7 heteroatoms. The average Bonchev–Trinajstić information content (AvgIpc) is 3.15. The van der Waals surface area contributed by atoms with Gasteiger partial charge in [-0.25, -0.2) is 0 Å². The van der Waals surface area contributed by atoms with Gasteiger partial charge in [0.15, 0.2) is 0 Å². The molecule has 0 saturated heterocycles. The number of carbonyl (C=O) groups is 2. The molecular weight excluding hydrogens is 362 g/mol. The van der Waals surface area contributed by atoms with Crippen LogP contribution < -0.4 is 5.32 Å². The van der Waals surface area contributed by atoms with Crippen LogP contribution in [-0.2, 0) is 4.79 Å². The van der Waals surface area contributed by atoms with Crippen molar-refractivity contribution in [3.05, 3.63) is 40.5 Å². The summed E-state index contributed by atoms with van der Waals surface area (Å²) in [6, 6.07) is 9.44. The molecule has 3 N–H and O–H groups in total. The smallest absolute Gasteiger partial charge is 0.306 e. The molecule has 1 aliphatic rings. The van der Waals surface area contributed by atoms with Gasteiger partial charge in [0.1, 0.15) is 11.4 Å². The second-order valence-electron chi connectivity index (χ2n) is 5.65. The van der Waals surface area contributed by atoms with Crippen molar-refractivity contribution in [1.82, 2.24) is 15.5 Å². The quantitative estimate of drug-likeness (QED) is 0.763. The summed E-state index contributed by atoms with van der Waals surface area (Å²) < 4.78 is 0.606. The Morgan fingerprint density at radius 2 is 2.00 bits per heavy atom. The van der Waals surface area contributed by atoms with Crippen molar-refractivity contribution in [2.75, 3.05) is 0 Å². The van der Waals surface area contributed by atoms with E-state index in [1.54, 1.807) is 0 Å². The van der Waals surface area contributed by atoms with Gasteiger partial charge < -0.3 is 10.4 Å². The van der Waals surface area contributed by atoms with E-state index in [-0.39, 0.29) is 17.9 Å².